The third kappa shape index (κ3) is 17.4. The van der Waals surface area contributed by atoms with Gasteiger partial charge in [-0.2, -0.15) is 0 Å². The van der Waals surface area contributed by atoms with E-state index in [0.29, 0.717) is 13.0 Å². The van der Waals surface area contributed by atoms with Crippen LogP contribution in [0.4, 0.5) is 0 Å². The minimum Gasteiger partial charge on any atom is -0.461 e. The zero-order valence-electron chi connectivity index (χ0n) is 23.8. The van der Waals surface area contributed by atoms with E-state index in [1.54, 1.807) is 20.8 Å². The van der Waals surface area contributed by atoms with E-state index in [4.69, 9.17) is 23.7 Å². The van der Waals surface area contributed by atoms with Crippen LogP contribution in [0.25, 0.3) is 0 Å². The molecule has 10 heteroatoms. The number of amides is 1. The van der Waals surface area contributed by atoms with E-state index >= 15 is 0 Å². The summed E-state index contributed by atoms with van der Waals surface area (Å²) in [6.45, 7) is 8.42. The average molecular weight is 552 g/mol. The Bertz CT molecular complexity index is 854. The van der Waals surface area contributed by atoms with Crippen molar-refractivity contribution in [2.75, 3.05) is 39.6 Å². The Hall–Kier alpha value is -2.82. The van der Waals surface area contributed by atoms with Crippen LogP contribution in [0.3, 0.4) is 0 Å². The molecule has 0 saturated carbocycles. The summed E-state index contributed by atoms with van der Waals surface area (Å²) in [6, 6.07) is 9.36. The van der Waals surface area contributed by atoms with Crippen molar-refractivity contribution < 1.29 is 42.9 Å². The molecule has 0 saturated heterocycles. The van der Waals surface area contributed by atoms with Gasteiger partial charge in [0, 0.05) is 25.9 Å². The van der Waals surface area contributed by atoms with Crippen molar-refractivity contribution in [1.82, 2.24) is 5.32 Å². The zero-order valence-corrected chi connectivity index (χ0v) is 23.8. The molecule has 0 radical (unpaired) electrons. The molecule has 1 rings (SSSR count). The van der Waals surface area contributed by atoms with Crippen LogP contribution in [0.1, 0.15) is 71.8 Å². The zero-order chi connectivity index (χ0) is 29.0. The Morgan fingerprint density at radius 2 is 1.49 bits per heavy atom. The number of carbonyl (C=O) groups excluding carboxylic acids is 4. The number of hydrogen-bond acceptors (Lipinski definition) is 9. The van der Waals surface area contributed by atoms with Gasteiger partial charge in [-0.05, 0) is 39.2 Å². The van der Waals surface area contributed by atoms with Gasteiger partial charge in [-0.25, -0.2) is 0 Å². The average Bonchev–Trinajstić information content (AvgIpc) is 2.88. The standard InChI is InChI=1S/C29H45NO9/c1-5-17-35-21-29(22-36-18-10-16-31,23-37-19-15-27(34)39-28(2,3)4)30-25(32)13-9-14-26(33)38-20-24-11-7-6-8-12-24/h6-8,11-12,16H,5,9-10,13-15,17-23H2,1-4H3,(H,30,32). The fraction of sp³-hybridized carbons (Fsp3) is 0.655. The lowest BCUT2D eigenvalue weighted by atomic mass is 10.0. The van der Waals surface area contributed by atoms with Gasteiger partial charge < -0.3 is 33.8 Å². The minimum atomic E-state index is -1.04. The highest BCUT2D eigenvalue weighted by Crippen LogP contribution is 2.13. The highest BCUT2D eigenvalue weighted by atomic mass is 16.6. The normalized spacial score (nSPS) is 12.8. The quantitative estimate of drug-likeness (QED) is 0.139. The Kier molecular flexibility index (Phi) is 16.9. The van der Waals surface area contributed by atoms with Crippen molar-refractivity contribution >= 4 is 24.1 Å². The molecule has 1 aromatic carbocycles. The maximum absolute atomic E-state index is 12.9. The van der Waals surface area contributed by atoms with Crippen molar-refractivity contribution in [2.24, 2.45) is 0 Å². The van der Waals surface area contributed by atoms with Crippen LogP contribution in [-0.2, 0) is 49.5 Å². The molecule has 39 heavy (non-hydrogen) atoms. The highest BCUT2D eigenvalue weighted by molar-refractivity contribution is 5.78. The van der Waals surface area contributed by atoms with E-state index in [-0.39, 0.29) is 83.2 Å². The lowest BCUT2D eigenvalue weighted by Gasteiger charge is -2.34. The number of ether oxygens (including phenoxy) is 5. The molecular formula is C29H45NO9. The van der Waals surface area contributed by atoms with E-state index in [1.165, 1.54) is 0 Å². The third-order valence-corrected chi connectivity index (χ3v) is 5.17. The first-order valence-electron chi connectivity index (χ1n) is 13.5. The minimum absolute atomic E-state index is 0.0193. The van der Waals surface area contributed by atoms with E-state index in [1.807, 2.05) is 37.3 Å². The Labute approximate surface area is 232 Å². The summed E-state index contributed by atoms with van der Waals surface area (Å²) in [5, 5.41) is 2.95. The van der Waals surface area contributed by atoms with E-state index < -0.39 is 11.1 Å². The van der Waals surface area contributed by atoms with E-state index in [2.05, 4.69) is 5.32 Å². The van der Waals surface area contributed by atoms with Crippen LogP contribution in [0.5, 0.6) is 0 Å². The summed E-state index contributed by atoms with van der Waals surface area (Å²) in [5.41, 5.74) is -0.748. The van der Waals surface area contributed by atoms with Gasteiger partial charge in [0.1, 0.15) is 24.0 Å². The van der Waals surface area contributed by atoms with Crippen LogP contribution in [0.2, 0.25) is 0 Å². The predicted molar refractivity (Wildman–Crippen MR) is 145 cm³/mol. The maximum atomic E-state index is 12.9. The molecule has 220 valence electrons. The third-order valence-electron chi connectivity index (χ3n) is 5.17. The highest BCUT2D eigenvalue weighted by Gasteiger charge is 2.34. The number of nitrogens with one attached hydrogen (secondary N) is 1. The number of rotatable bonds is 21. The first-order chi connectivity index (χ1) is 18.6. The molecule has 10 nitrogen and oxygen atoms in total. The largest absolute Gasteiger partial charge is 0.461 e. The molecule has 0 spiro atoms. The van der Waals surface area contributed by atoms with Gasteiger partial charge in [0.25, 0.3) is 0 Å². The predicted octanol–water partition coefficient (Wildman–Crippen LogP) is 3.54. The van der Waals surface area contributed by atoms with Gasteiger partial charge in [-0.1, -0.05) is 37.3 Å². The van der Waals surface area contributed by atoms with Crippen molar-refractivity contribution in [2.45, 2.75) is 84.0 Å². The number of carbonyl (C=O) groups is 4. The lowest BCUT2D eigenvalue weighted by Crippen LogP contribution is -2.58. The first kappa shape index (κ1) is 34.2. The molecule has 0 aliphatic carbocycles. The van der Waals surface area contributed by atoms with E-state index in [9.17, 15) is 19.2 Å². The van der Waals surface area contributed by atoms with Gasteiger partial charge in [-0.3, -0.25) is 14.4 Å². The van der Waals surface area contributed by atoms with Crippen LogP contribution in [0.15, 0.2) is 30.3 Å². The molecule has 0 fully saturated rings. The van der Waals surface area contributed by atoms with E-state index in [0.717, 1.165) is 18.3 Å². The topological polar surface area (TPSA) is 126 Å². The first-order valence-corrected chi connectivity index (χ1v) is 13.5. The SMILES string of the molecule is CCCOCC(COCCC=O)(COCCC(=O)OC(C)(C)C)NC(=O)CCCC(=O)OCc1ccccc1. The lowest BCUT2D eigenvalue weighted by molar-refractivity contribution is -0.156. The van der Waals surface area contributed by atoms with Crippen molar-refractivity contribution in [3.63, 3.8) is 0 Å². The molecule has 0 aliphatic rings. The summed E-state index contributed by atoms with van der Waals surface area (Å²) in [5.74, 6) is -1.08. The second-order valence-electron chi connectivity index (χ2n) is 10.3. The monoisotopic (exact) mass is 551 g/mol. The van der Waals surface area contributed by atoms with Crippen LogP contribution in [0, 0.1) is 0 Å². The fourth-order valence-corrected chi connectivity index (χ4v) is 3.42. The summed E-state index contributed by atoms with van der Waals surface area (Å²) < 4.78 is 27.8. The van der Waals surface area contributed by atoms with Crippen LogP contribution in [-0.4, -0.2) is 74.9 Å². The molecule has 1 atom stereocenters. The smallest absolute Gasteiger partial charge is 0.308 e. The molecule has 1 N–H and O–H groups in total. The Morgan fingerprint density at radius 3 is 2.10 bits per heavy atom. The van der Waals surface area contributed by atoms with Gasteiger partial charge in [0.05, 0.1) is 39.5 Å². The summed E-state index contributed by atoms with van der Waals surface area (Å²) >= 11 is 0. The number of benzene rings is 1. The molecule has 0 bridgehead atoms. The fourth-order valence-electron chi connectivity index (χ4n) is 3.42. The van der Waals surface area contributed by atoms with Gasteiger partial charge in [0.2, 0.25) is 5.91 Å². The second kappa shape index (κ2) is 19.3. The Morgan fingerprint density at radius 1 is 0.846 bits per heavy atom. The second-order valence-corrected chi connectivity index (χ2v) is 10.3. The number of hydrogen-bond donors (Lipinski definition) is 1. The Balaban J connectivity index is 2.68. The molecule has 0 aliphatic heterocycles. The number of esters is 2. The molecule has 1 amide bonds. The number of aldehydes is 1. The van der Waals surface area contributed by atoms with Crippen molar-refractivity contribution in [1.29, 1.82) is 0 Å². The summed E-state index contributed by atoms with van der Waals surface area (Å²) in [7, 11) is 0. The van der Waals surface area contributed by atoms with Crippen molar-refractivity contribution in [3.05, 3.63) is 35.9 Å². The molecule has 0 heterocycles. The summed E-state index contributed by atoms with van der Waals surface area (Å²) in [6.07, 6.45) is 2.28. The summed E-state index contributed by atoms with van der Waals surface area (Å²) in [4.78, 5) is 47.7. The van der Waals surface area contributed by atoms with Crippen molar-refractivity contribution in [3.8, 4) is 0 Å². The molecular weight excluding hydrogens is 506 g/mol. The maximum Gasteiger partial charge on any atom is 0.308 e. The van der Waals surface area contributed by atoms with Crippen LogP contribution < -0.4 is 5.32 Å². The molecule has 0 aromatic heterocycles. The molecule has 1 unspecified atom stereocenters. The molecule has 1 aromatic rings. The van der Waals surface area contributed by atoms with Crippen LogP contribution >= 0.6 is 0 Å². The van der Waals surface area contributed by atoms with Gasteiger partial charge >= 0.3 is 11.9 Å². The van der Waals surface area contributed by atoms with Gasteiger partial charge in [-0.15, -0.1) is 0 Å². The van der Waals surface area contributed by atoms with Gasteiger partial charge in [0.15, 0.2) is 0 Å².